The largest absolute Gasteiger partial charge is 0.491 e. The van der Waals surface area contributed by atoms with Crippen molar-refractivity contribution >= 4 is 5.91 Å². The van der Waals surface area contributed by atoms with Crippen LogP contribution in [0.1, 0.15) is 24.7 Å². The highest BCUT2D eigenvalue weighted by Gasteiger charge is 2.27. The van der Waals surface area contributed by atoms with Gasteiger partial charge in [0.1, 0.15) is 18.2 Å². The van der Waals surface area contributed by atoms with Gasteiger partial charge in [0.05, 0.1) is 17.4 Å². The summed E-state index contributed by atoms with van der Waals surface area (Å²) in [6.07, 6.45) is 2.16. The molecule has 0 fully saturated rings. The summed E-state index contributed by atoms with van der Waals surface area (Å²) in [4.78, 5) is 12.3. The van der Waals surface area contributed by atoms with Crippen LogP contribution in [0.4, 0.5) is 4.39 Å². The lowest BCUT2D eigenvalue weighted by molar-refractivity contribution is -0.126. The van der Waals surface area contributed by atoms with Gasteiger partial charge >= 0.3 is 0 Å². The van der Waals surface area contributed by atoms with Crippen LogP contribution in [0.25, 0.3) is 0 Å². The molecule has 0 radical (unpaired) electrons. The van der Waals surface area contributed by atoms with Crippen LogP contribution in [0, 0.1) is 11.7 Å². The maximum atomic E-state index is 12.8. The molecule has 2 N–H and O–H groups in total. The molecule has 1 aromatic heterocycles. The van der Waals surface area contributed by atoms with Gasteiger partial charge in [0.25, 0.3) is 0 Å². The quantitative estimate of drug-likeness (QED) is 0.878. The molecule has 2 aromatic rings. The van der Waals surface area contributed by atoms with Crippen LogP contribution >= 0.6 is 0 Å². The topological polar surface area (TPSA) is 79.9 Å². The summed E-state index contributed by atoms with van der Waals surface area (Å²) >= 11 is 0. The number of halogens is 1. The second-order valence-corrected chi connectivity index (χ2v) is 5.83. The third kappa shape index (κ3) is 3.85. The normalized spacial score (nSPS) is 18.1. The summed E-state index contributed by atoms with van der Waals surface area (Å²) in [5.74, 6) is 0.204. The number of carbonyl (C=O) groups excluding carboxylic acids is 1. The molecule has 23 heavy (non-hydrogen) atoms. The Balaban J connectivity index is 1.47. The molecule has 0 bridgehead atoms. The Bertz CT molecular complexity index is 671. The number of hydrogen-bond donors (Lipinski definition) is 2. The minimum atomic E-state index is -0.303. The number of amides is 1. The minimum absolute atomic E-state index is 0.00820. The number of aryl methyl sites for hydroxylation is 1. The maximum absolute atomic E-state index is 12.8. The summed E-state index contributed by atoms with van der Waals surface area (Å²) in [5, 5.41) is 13.7. The van der Waals surface area contributed by atoms with Crippen LogP contribution in [-0.2, 0) is 17.6 Å². The molecule has 7 heteroatoms. The number of aromatic amines is 1. The molecule has 122 valence electrons. The van der Waals surface area contributed by atoms with Gasteiger partial charge in [0, 0.05) is 12.3 Å². The van der Waals surface area contributed by atoms with Crippen molar-refractivity contribution in [1.29, 1.82) is 0 Å². The first-order chi connectivity index (χ1) is 11.1. The molecule has 0 saturated heterocycles. The van der Waals surface area contributed by atoms with Gasteiger partial charge in [-0.05, 0) is 44.0 Å². The van der Waals surface area contributed by atoms with Gasteiger partial charge < -0.3 is 10.1 Å². The summed E-state index contributed by atoms with van der Waals surface area (Å²) in [5.41, 5.74) is 1.84. The van der Waals surface area contributed by atoms with Crippen LogP contribution in [-0.4, -0.2) is 34.0 Å². The first kappa shape index (κ1) is 15.5. The van der Waals surface area contributed by atoms with E-state index in [1.807, 2.05) is 6.92 Å². The molecule has 1 amide bonds. The van der Waals surface area contributed by atoms with Crippen molar-refractivity contribution in [3.63, 3.8) is 0 Å². The molecular weight excluding hydrogens is 299 g/mol. The fraction of sp³-hybridized carbons (Fsp3) is 0.438. The molecule has 2 atom stereocenters. The first-order valence-corrected chi connectivity index (χ1v) is 7.69. The number of carbonyl (C=O) groups is 1. The number of nitrogens with zero attached hydrogens (tertiary/aromatic N) is 2. The number of aromatic nitrogens is 3. The van der Waals surface area contributed by atoms with Crippen molar-refractivity contribution in [2.75, 3.05) is 6.61 Å². The average Bonchev–Trinajstić information content (AvgIpc) is 3.02. The van der Waals surface area contributed by atoms with E-state index in [1.54, 1.807) is 12.1 Å². The van der Waals surface area contributed by atoms with E-state index in [2.05, 4.69) is 20.7 Å². The van der Waals surface area contributed by atoms with Crippen LogP contribution in [0.15, 0.2) is 24.3 Å². The fourth-order valence-corrected chi connectivity index (χ4v) is 2.66. The minimum Gasteiger partial charge on any atom is -0.491 e. The van der Waals surface area contributed by atoms with Crippen molar-refractivity contribution in [3.05, 3.63) is 41.5 Å². The summed E-state index contributed by atoms with van der Waals surface area (Å²) in [6.45, 7) is 2.21. The smallest absolute Gasteiger partial charge is 0.223 e. The molecule has 1 aliphatic carbocycles. The van der Waals surface area contributed by atoms with Gasteiger partial charge in [0.2, 0.25) is 5.91 Å². The second-order valence-electron chi connectivity index (χ2n) is 5.83. The molecule has 0 unspecified atom stereocenters. The number of hydrogen-bond acceptors (Lipinski definition) is 4. The summed E-state index contributed by atoms with van der Waals surface area (Å²) in [7, 11) is 0. The molecular formula is C16H19FN4O2. The van der Waals surface area contributed by atoms with Gasteiger partial charge in [0.15, 0.2) is 0 Å². The average molecular weight is 318 g/mol. The van der Waals surface area contributed by atoms with Crippen molar-refractivity contribution in [3.8, 4) is 5.75 Å². The van der Waals surface area contributed by atoms with Crippen molar-refractivity contribution in [2.24, 2.45) is 5.92 Å². The number of benzene rings is 1. The summed E-state index contributed by atoms with van der Waals surface area (Å²) in [6, 6.07) is 5.69. The molecule has 1 aliphatic rings. The van der Waals surface area contributed by atoms with E-state index in [0.29, 0.717) is 18.8 Å². The van der Waals surface area contributed by atoms with Gasteiger partial charge in [-0.15, -0.1) is 0 Å². The van der Waals surface area contributed by atoms with Gasteiger partial charge in [-0.2, -0.15) is 15.4 Å². The SMILES string of the molecule is C[C@H](COc1ccc(F)cc1)NC(=O)[C@H]1CCc2n[nH]nc2C1. The zero-order chi connectivity index (χ0) is 16.2. The third-order valence-corrected chi connectivity index (χ3v) is 3.95. The van der Waals surface area contributed by atoms with E-state index in [-0.39, 0.29) is 23.7 Å². The Labute approximate surface area is 133 Å². The number of H-pyrrole nitrogens is 1. The van der Waals surface area contributed by atoms with E-state index >= 15 is 0 Å². The first-order valence-electron chi connectivity index (χ1n) is 7.69. The van der Waals surface area contributed by atoms with Gasteiger partial charge in [-0.3, -0.25) is 4.79 Å². The Kier molecular flexibility index (Phi) is 4.55. The Morgan fingerprint density at radius 2 is 2.13 bits per heavy atom. The lowest BCUT2D eigenvalue weighted by atomic mass is 9.89. The third-order valence-electron chi connectivity index (χ3n) is 3.95. The van der Waals surface area contributed by atoms with E-state index in [1.165, 1.54) is 12.1 Å². The lowest BCUT2D eigenvalue weighted by Gasteiger charge is -2.22. The fourth-order valence-electron chi connectivity index (χ4n) is 2.66. The molecule has 0 spiro atoms. The number of nitrogens with one attached hydrogen (secondary N) is 2. The van der Waals surface area contributed by atoms with Crippen LogP contribution in [0.2, 0.25) is 0 Å². The molecule has 0 saturated carbocycles. The maximum Gasteiger partial charge on any atom is 0.223 e. The highest BCUT2D eigenvalue weighted by Crippen LogP contribution is 2.22. The zero-order valence-electron chi connectivity index (χ0n) is 12.9. The van der Waals surface area contributed by atoms with E-state index in [9.17, 15) is 9.18 Å². The van der Waals surface area contributed by atoms with Gasteiger partial charge in [-0.1, -0.05) is 0 Å². The van der Waals surface area contributed by atoms with Crippen molar-refractivity contribution in [1.82, 2.24) is 20.7 Å². The lowest BCUT2D eigenvalue weighted by Crippen LogP contribution is -2.42. The molecule has 6 nitrogen and oxygen atoms in total. The highest BCUT2D eigenvalue weighted by atomic mass is 19.1. The predicted octanol–water partition coefficient (Wildman–Crippen LogP) is 1.63. The Hall–Kier alpha value is -2.44. The monoisotopic (exact) mass is 318 g/mol. The summed E-state index contributed by atoms with van der Waals surface area (Å²) < 4.78 is 18.4. The standard InChI is InChI=1S/C16H19FN4O2/c1-10(9-23-13-5-3-12(17)4-6-13)18-16(22)11-2-7-14-15(8-11)20-21-19-14/h3-6,10-11H,2,7-9H2,1H3,(H,18,22)(H,19,20,21)/t10-,11+/m1/s1. The number of rotatable bonds is 5. The zero-order valence-corrected chi connectivity index (χ0v) is 12.9. The molecule has 3 rings (SSSR count). The Morgan fingerprint density at radius 1 is 1.39 bits per heavy atom. The predicted molar refractivity (Wildman–Crippen MR) is 81.4 cm³/mol. The van der Waals surface area contributed by atoms with Crippen molar-refractivity contribution < 1.29 is 13.9 Å². The highest BCUT2D eigenvalue weighted by molar-refractivity contribution is 5.79. The van der Waals surface area contributed by atoms with E-state index < -0.39 is 0 Å². The molecule has 0 aliphatic heterocycles. The Morgan fingerprint density at radius 3 is 2.91 bits per heavy atom. The molecule has 1 heterocycles. The molecule has 1 aromatic carbocycles. The van der Waals surface area contributed by atoms with Gasteiger partial charge in [-0.25, -0.2) is 4.39 Å². The second kappa shape index (κ2) is 6.76. The van der Waals surface area contributed by atoms with Crippen molar-refractivity contribution in [2.45, 2.75) is 32.2 Å². The number of fused-ring (bicyclic) bond motifs is 1. The van der Waals surface area contributed by atoms with Crippen LogP contribution in [0.3, 0.4) is 0 Å². The van der Waals surface area contributed by atoms with Crippen LogP contribution in [0.5, 0.6) is 5.75 Å². The van der Waals surface area contributed by atoms with Crippen LogP contribution < -0.4 is 10.1 Å². The van der Waals surface area contributed by atoms with E-state index in [0.717, 1.165) is 24.2 Å². The van der Waals surface area contributed by atoms with E-state index in [4.69, 9.17) is 4.74 Å². The number of ether oxygens (including phenoxy) is 1.